The molecule has 0 saturated carbocycles. The molecule has 0 spiro atoms. The van der Waals surface area contributed by atoms with Gasteiger partial charge in [0.2, 0.25) is 0 Å². The molecule has 6 heteroatoms. The lowest BCUT2D eigenvalue weighted by molar-refractivity contribution is -0.140. The van der Waals surface area contributed by atoms with E-state index in [1.165, 1.54) is 24.3 Å². The number of carboxylic acid groups (broad SMARTS) is 1. The number of amides is 1. The van der Waals surface area contributed by atoms with Crippen molar-refractivity contribution in [3.05, 3.63) is 29.8 Å². The molecule has 1 amide bonds. The summed E-state index contributed by atoms with van der Waals surface area (Å²) in [6.07, 6.45) is 0. The molecule has 6 nitrogen and oxygen atoms in total. The molecule has 4 N–H and O–H groups in total. The molecule has 0 aliphatic carbocycles. The van der Waals surface area contributed by atoms with Crippen molar-refractivity contribution in [2.75, 3.05) is 6.61 Å². The number of phenolic OH excluding ortho intramolecular Hbond substituents is 1. The molecule has 1 rings (SSSR count). The van der Waals surface area contributed by atoms with Crippen LogP contribution in [0.1, 0.15) is 10.4 Å². The van der Waals surface area contributed by atoms with Crippen LogP contribution >= 0.6 is 0 Å². The fourth-order valence-electron chi connectivity index (χ4n) is 1.04. The van der Waals surface area contributed by atoms with E-state index in [-0.39, 0.29) is 11.3 Å². The second-order valence-electron chi connectivity index (χ2n) is 3.09. The Morgan fingerprint density at radius 1 is 1.25 bits per heavy atom. The van der Waals surface area contributed by atoms with Crippen molar-refractivity contribution in [1.29, 1.82) is 0 Å². The van der Waals surface area contributed by atoms with Crippen LogP contribution in [0, 0.1) is 0 Å². The van der Waals surface area contributed by atoms with Gasteiger partial charge in [-0.1, -0.05) is 0 Å². The lowest BCUT2D eigenvalue weighted by atomic mass is 10.2. The molecule has 1 aromatic carbocycles. The topological polar surface area (TPSA) is 107 Å². The molecule has 0 radical (unpaired) electrons. The fraction of sp³-hybridized carbons (Fsp3) is 0.200. The number of carbonyl (C=O) groups is 2. The number of aliphatic hydroxyl groups is 1. The number of aromatic hydroxyl groups is 1. The third-order valence-electron chi connectivity index (χ3n) is 1.92. The quantitative estimate of drug-likeness (QED) is 0.556. The Labute approximate surface area is 91.1 Å². The first-order valence-corrected chi connectivity index (χ1v) is 4.48. The maximum Gasteiger partial charge on any atom is 0.328 e. The third-order valence-corrected chi connectivity index (χ3v) is 1.92. The average molecular weight is 225 g/mol. The van der Waals surface area contributed by atoms with Crippen LogP contribution in [0.2, 0.25) is 0 Å². The van der Waals surface area contributed by atoms with E-state index in [1.54, 1.807) is 0 Å². The van der Waals surface area contributed by atoms with Crippen LogP contribution in [0.25, 0.3) is 0 Å². The molecule has 16 heavy (non-hydrogen) atoms. The van der Waals surface area contributed by atoms with Gasteiger partial charge in [0, 0.05) is 5.56 Å². The van der Waals surface area contributed by atoms with E-state index in [0.717, 1.165) is 0 Å². The van der Waals surface area contributed by atoms with Crippen molar-refractivity contribution in [2.45, 2.75) is 6.04 Å². The summed E-state index contributed by atoms with van der Waals surface area (Å²) in [7, 11) is 0. The number of nitrogens with one attached hydrogen (secondary N) is 1. The molecular weight excluding hydrogens is 214 g/mol. The summed E-state index contributed by atoms with van der Waals surface area (Å²) < 4.78 is 0. The maximum absolute atomic E-state index is 11.5. The SMILES string of the molecule is O=C(NC(CO)C(=O)O)c1ccc(O)cc1. The molecule has 86 valence electrons. The van der Waals surface area contributed by atoms with Gasteiger partial charge in [0.05, 0.1) is 6.61 Å². The molecule has 0 heterocycles. The zero-order valence-corrected chi connectivity index (χ0v) is 8.25. The molecule has 0 bridgehead atoms. The average Bonchev–Trinajstić information content (AvgIpc) is 2.26. The summed E-state index contributed by atoms with van der Waals surface area (Å²) in [4.78, 5) is 22.0. The molecule has 0 aliphatic rings. The number of phenols is 1. The second kappa shape index (κ2) is 5.13. The minimum atomic E-state index is -1.33. The first-order valence-electron chi connectivity index (χ1n) is 4.48. The number of aliphatic carboxylic acids is 1. The van der Waals surface area contributed by atoms with Crippen molar-refractivity contribution in [1.82, 2.24) is 5.32 Å². The van der Waals surface area contributed by atoms with Gasteiger partial charge in [-0.05, 0) is 24.3 Å². The zero-order valence-electron chi connectivity index (χ0n) is 8.25. The van der Waals surface area contributed by atoms with E-state index in [1.807, 2.05) is 0 Å². The lowest BCUT2D eigenvalue weighted by Gasteiger charge is -2.11. The minimum Gasteiger partial charge on any atom is -0.508 e. The summed E-state index contributed by atoms with van der Waals surface area (Å²) in [5.74, 6) is -1.93. The molecule has 0 aromatic heterocycles. The number of carbonyl (C=O) groups excluding carboxylic acids is 1. The van der Waals surface area contributed by atoms with Crippen molar-refractivity contribution in [3.63, 3.8) is 0 Å². The third kappa shape index (κ3) is 2.96. The van der Waals surface area contributed by atoms with Gasteiger partial charge >= 0.3 is 5.97 Å². The standard InChI is InChI=1S/C10H11NO5/c12-5-8(10(15)16)11-9(14)6-1-3-7(13)4-2-6/h1-4,8,12-13H,5H2,(H,11,14)(H,15,16). The van der Waals surface area contributed by atoms with Crippen LogP contribution in [0.15, 0.2) is 24.3 Å². The highest BCUT2D eigenvalue weighted by Crippen LogP contribution is 2.09. The predicted molar refractivity (Wildman–Crippen MR) is 54.1 cm³/mol. The highest BCUT2D eigenvalue weighted by Gasteiger charge is 2.19. The van der Waals surface area contributed by atoms with E-state index in [2.05, 4.69) is 5.32 Å². The first kappa shape index (κ1) is 12.0. The smallest absolute Gasteiger partial charge is 0.328 e. The molecule has 0 aliphatic heterocycles. The largest absolute Gasteiger partial charge is 0.508 e. The Bertz CT molecular complexity index is 387. The molecule has 1 atom stereocenters. The molecular formula is C10H11NO5. The molecule has 0 fully saturated rings. The monoisotopic (exact) mass is 225 g/mol. The Morgan fingerprint density at radius 2 is 1.81 bits per heavy atom. The zero-order chi connectivity index (χ0) is 12.1. The molecule has 1 unspecified atom stereocenters. The predicted octanol–water partition coefficient (Wildman–Crippen LogP) is -0.433. The summed E-state index contributed by atoms with van der Waals surface area (Å²) in [6.45, 7) is -0.681. The van der Waals surface area contributed by atoms with Gasteiger partial charge in [0.15, 0.2) is 6.04 Å². The Kier molecular flexibility index (Phi) is 3.84. The van der Waals surface area contributed by atoms with Crippen LogP contribution in [0.3, 0.4) is 0 Å². The number of hydrogen-bond acceptors (Lipinski definition) is 4. The highest BCUT2D eigenvalue weighted by molar-refractivity contribution is 5.96. The Hall–Kier alpha value is -2.08. The number of benzene rings is 1. The number of rotatable bonds is 4. The van der Waals surface area contributed by atoms with Crippen LogP contribution in [0.5, 0.6) is 5.75 Å². The van der Waals surface area contributed by atoms with E-state index < -0.39 is 24.5 Å². The summed E-state index contributed by atoms with van der Waals surface area (Å²) in [6, 6.07) is 3.98. The van der Waals surface area contributed by atoms with E-state index in [0.29, 0.717) is 0 Å². The van der Waals surface area contributed by atoms with Crippen molar-refractivity contribution in [3.8, 4) is 5.75 Å². The van der Waals surface area contributed by atoms with Crippen LogP contribution in [0.4, 0.5) is 0 Å². The molecule has 0 saturated heterocycles. The summed E-state index contributed by atoms with van der Waals surface area (Å²) in [5.41, 5.74) is 0.206. The van der Waals surface area contributed by atoms with Crippen molar-refractivity contribution >= 4 is 11.9 Å². The van der Waals surface area contributed by atoms with Gasteiger partial charge in [0.25, 0.3) is 5.91 Å². The highest BCUT2D eigenvalue weighted by atomic mass is 16.4. The number of carboxylic acids is 1. The lowest BCUT2D eigenvalue weighted by Crippen LogP contribution is -2.43. The van der Waals surface area contributed by atoms with Gasteiger partial charge in [0.1, 0.15) is 5.75 Å². The number of hydrogen-bond donors (Lipinski definition) is 4. The van der Waals surface area contributed by atoms with Gasteiger partial charge in [-0.2, -0.15) is 0 Å². The van der Waals surface area contributed by atoms with Crippen molar-refractivity contribution < 1.29 is 24.9 Å². The summed E-state index contributed by atoms with van der Waals surface area (Å²) in [5, 5.41) is 28.4. The minimum absolute atomic E-state index is 0.00786. The van der Waals surface area contributed by atoms with Gasteiger partial charge in [-0.25, -0.2) is 4.79 Å². The molecule has 1 aromatic rings. The summed E-state index contributed by atoms with van der Waals surface area (Å²) >= 11 is 0. The van der Waals surface area contributed by atoms with E-state index in [4.69, 9.17) is 15.3 Å². The van der Waals surface area contributed by atoms with E-state index in [9.17, 15) is 9.59 Å². The Balaban J connectivity index is 2.71. The maximum atomic E-state index is 11.5. The van der Waals surface area contributed by atoms with Crippen LogP contribution < -0.4 is 5.32 Å². The second-order valence-corrected chi connectivity index (χ2v) is 3.09. The van der Waals surface area contributed by atoms with Gasteiger partial charge in [-0.15, -0.1) is 0 Å². The van der Waals surface area contributed by atoms with E-state index >= 15 is 0 Å². The van der Waals surface area contributed by atoms with Crippen LogP contribution in [-0.4, -0.2) is 39.8 Å². The van der Waals surface area contributed by atoms with Gasteiger partial charge in [-0.3, -0.25) is 4.79 Å². The first-order chi connectivity index (χ1) is 7.54. The fourth-order valence-corrected chi connectivity index (χ4v) is 1.04. The van der Waals surface area contributed by atoms with Gasteiger partial charge < -0.3 is 20.6 Å². The Morgan fingerprint density at radius 3 is 2.25 bits per heavy atom. The number of aliphatic hydroxyl groups excluding tert-OH is 1. The van der Waals surface area contributed by atoms with Crippen LogP contribution in [-0.2, 0) is 4.79 Å². The normalized spacial score (nSPS) is 11.8. The van der Waals surface area contributed by atoms with Crippen molar-refractivity contribution in [2.24, 2.45) is 0 Å².